The quantitative estimate of drug-likeness (QED) is 0.888. The van der Waals surface area contributed by atoms with Gasteiger partial charge in [0.2, 0.25) is 0 Å². The standard InChI is InChI=1S/C16H23F2NO/c17-12-6-7-14(18)13(10-12)15(20)16(11-19)8-4-2-1-3-5-9-16/h6-7,10,15,20H,1-5,8-9,11,19H2. The van der Waals surface area contributed by atoms with Crippen molar-refractivity contribution in [1.29, 1.82) is 0 Å². The molecule has 0 radical (unpaired) electrons. The van der Waals surface area contributed by atoms with Crippen LogP contribution in [0.1, 0.15) is 56.6 Å². The molecule has 0 amide bonds. The number of hydrogen-bond donors (Lipinski definition) is 2. The topological polar surface area (TPSA) is 46.2 Å². The van der Waals surface area contributed by atoms with Crippen LogP contribution in [0, 0.1) is 17.0 Å². The average Bonchev–Trinajstić information content (AvgIpc) is 2.41. The van der Waals surface area contributed by atoms with Gasteiger partial charge >= 0.3 is 0 Å². The van der Waals surface area contributed by atoms with Crippen LogP contribution in [0.2, 0.25) is 0 Å². The fraction of sp³-hybridized carbons (Fsp3) is 0.625. The zero-order valence-corrected chi connectivity index (χ0v) is 11.7. The summed E-state index contributed by atoms with van der Waals surface area (Å²) in [5.41, 5.74) is 5.41. The van der Waals surface area contributed by atoms with E-state index in [1.54, 1.807) is 0 Å². The summed E-state index contributed by atoms with van der Waals surface area (Å²) < 4.78 is 27.2. The lowest BCUT2D eigenvalue weighted by Crippen LogP contribution is -2.38. The molecule has 1 aromatic rings. The second kappa shape index (κ2) is 6.64. The fourth-order valence-corrected chi connectivity index (χ4v) is 3.25. The molecule has 3 N–H and O–H groups in total. The largest absolute Gasteiger partial charge is 0.388 e. The molecular weight excluding hydrogens is 260 g/mol. The summed E-state index contributed by atoms with van der Waals surface area (Å²) in [7, 11) is 0. The Kier molecular flexibility index (Phi) is 5.11. The van der Waals surface area contributed by atoms with Crippen LogP contribution < -0.4 is 5.73 Å². The van der Waals surface area contributed by atoms with E-state index in [0.717, 1.165) is 56.7 Å². The van der Waals surface area contributed by atoms with Crippen molar-refractivity contribution in [2.24, 2.45) is 11.1 Å². The molecule has 1 saturated carbocycles. The van der Waals surface area contributed by atoms with Crippen LogP contribution in [0.4, 0.5) is 8.78 Å². The Balaban J connectivity index is 2.30. The average molecular weight is 283 g/mol. The molecule has 112 valence electrons. The normalized spacial score (nSPS) is 21.0. The molecule has 1 aliphatic carbocycles. The van der Waals surface area contributed by atoms with E-state index in [-0.39, 0.29) is 5.56 Å². The van der Waals surface area contributed by atoms with E-state index < -0.39 is 23.2 Å². The van der Waals surface area contributed by atoms with Gasteiger partial charge in [-0.2, -0.15) is 0 Å². The van der Waals surface area contributed by atoms with E-state index >= 15 is 0 Å². The van der Waals surface area contributed by atoms with E-state index in [1.165, 1.54) is 6.42 Å². The van der Waals surface area contributed by atoms with Gasteiger partial charge < -0.3 is 10.8 Å². The number of aliphatic hydroxyl groups is 1. The Morgan fingerprint density at radius 1 is 1.10 bits per heavy atom. The van der Waals surface area contributed by atoms with E-state index in [0.29, 0.717) is 6.54 Å². The van der Waals surface area contributed by atoms with Crippen LogP contribution in [0.5, 0.6) is 0 Å². The van der Waals surface area contributed by atoms with Gasteiger partial charge in [-0.15, -0.1) is 0 Å². The highest BCUT2D eigenvalue weighted by atomic mass is 19.1. The number of rotatable bonds is 3. The Labute approximate surface area is 119 Å². The maximum atomic E-state index is 13.9. The SMILES string of the molecule is NCC1(C(O)c2cc(F)ccc2F)CCCCCCC1. The third-order valence-electron chi connectivity index (χ3n) is 4.59. The van der Waals surface area contributed by atoms with Gasteiger partial charge in [-0.1, -0.05) is 32.1 Å². The predicted octanol–water partition coefficient (Wildman–Crippen LogP) is 3.69. The lowest BCUT2D eigenvalue weighted by atomic mass is 9.70. The minimum absolute atomic E-state index is 0.0380. The maximum Gasteiger partial charge on any atom is 0.129 e. The van der Waals surface area contributed by atoms with Gasteiger partial charge in [0, 0.05) is 17.5 Å². The van der Waals surface area contributed by atoms with Crippen LogP contribution in [0.25, 0.3) is 0 Å². The second-order valence-corrected chi connectivity index (χ2v) is 5.90. The van der Waals surface area contributed by atoms with Crippen LogP contribution in [0.3, 0.4) is 0 Å². The molecule has 20 heavy (non-hydrogen) atoms. The predicted molar refractivity (Wildman–Crippen MR) is 75.1 cm³/mol. The van der Waals surface area contributed by atoms with Gasteiger partial charge in [-0.25, -0.2) is 8.78 Å². The molecule has 4 heteroatoms. The molecule has 1 aliphatic rings. The van der Waals surface area contributed by atoms with E-state index in [1.807, 2.05) is 0 Å². The second-order valence-electron chi connectivity index (χ2n) is 5.90. The highest BCUT2D eigenvalue weighted by molar-refractivity contribution is 5.23. The lowest BCUT2D eigenvalue weighted by Gasteiger charge is -2.39. The summed E-state index contributed by atoms with van der Waals surface area (Å²) in [6.07, 6.45) is 5.87. The molecular formula is C16H23F2NO. The smallest absolute Gasteiger partial charge is 0.129 e. The Morgan fingerprint density at radius 3 is 2.30 bits per heavy atom. The Bertz CT molecular complexity index is 442. The van der Waals surface area contributed by atoms with E-state index in [4.69, 9.17) is 5.73 Å². The van der Waals surface area contributed by atoms with Crippen molar-refractivity contribution < 1.29 is 13.9 Å². The number of halogens is 2. The zero-order chi connectivity index (χ0) is 14.6. The van der Waals surface area contributed by atoms with Crippen molar-refractivity contribution in [2.45, 2.75) is 51.0 Å². The van der Waals surface area contributed by atoms with Crippen LogP contribution in [0.15, 0.2) is 18.2 Å². The van der Waals surface area contributed by atoms with Crippen LogP contribution >= 0.6 is 0 Å². The molecule has 2 nitrogen and oxygen atoms in total. The monoisotopic (exact) mass is 283 g/mol. The zero-order valence-electron chi connectivity index (χ0n) is 11.7. The van der Waals surface area contributed by atoms with Crippen molar-refractivity contribution in [3.63, 3.8) is 0 Å². The molecule has 2 rings (SSSR count). The molecule has 0 aliphatic heterocycles. The first-order valence-corrected chi connectivity index (χ1v) is 7.42. The van der Waals surface area contributed by atoms with Crippen LogP contribution in [-0.4, -0.2) is 11.7 Å². The van der Waals surface area contributed by atoms with Crippen molar-refractivity contribution in [2.75, 3.05) is 6.54 Å². The van der Waals surface area contributed by atoms with Crippen molar-refractivity contribution in [3.05, 3.63) is 35.4 Å². The van der Waals surface area contributed by atoms with E-state index in [9.17, 15) is 13.9 Å². The number of hydrogen-bond acceptors (Lipinski definition) is 2. The first kappa shape index (κ1) is 15.4. The molecule has 0 spiro atoms. The summed E-state index contributed by atoms with van der Waals surface area (Å²) in [6.45, 7) is 0.296. The summed E-state index contributed by atoms with van der Waals surface area (Å²) in [6, 6.07) is 3.23. The van der Waals surface area contributed by atoms with Gasteiger partial charge in [-0.05, 0) is 31.0 Å². The summed E-state index contributed by atoms with van der Waals surface area (Å²) in [5, 5.41) is 10.6. The van der Waals surface area contributed by atoms with Gasteiger partial charge in [-0.3, -0.25) is 0 Å². The highest BCUT2D eigenvalue weighted by Gasteiger charge is 2.38. The molecule has 0 aromatic heterocycles. The fourth-order valence-electron chi connectivity index (χ4n) is 3.25. The number of benzene rings is 1. The minimum atomic E-state index is -1.04. The molecule has 1 atom stereocenters. The van der Waals surface area contributed by atoms with Crippen LogP contribution in [-0.2, 0) is 0 Å². The number of aliphatic hydroxyl groups excluding tert-OH is 1. The first-order chi connectivity index (χ1) is 9.59. The molecule has 1 fully saturated rings. The molecule has 0 heterocycles. The van der Waals surface area contributed by atoms with Gasteiger partial charge in [0.1, 0.15) is 11.6 Å². The molecule has 0 saturated heterocycles. The Morgan fingerprint density at radius 2 is 1.70 bits per heavy atom. The van der Waals surface area contributed by atoms with Gasteiger partial charge in [0.25, 0.3) is 0 Å². The van der Waals surface area contributed by atoms with E-state index in [2.05, 4.69) is 0 Å². The highest BCUT2D eigenvalue weighted by Crippen LogP contribution is 2.44. The lowest BCUT2D eigenvalue weighted by molar-refractivity contribution is 0.00594. The molecule has 1 aromatic carbocycles. The Hall–Kier alpha value is -1.00. The summed E-state index contributed by atoms with van der Waals surface area (Å²) in [4.78, 5) is 0. The molecule has 1 unspecified atom stereocenters. The maximum absolute atomic E-state index is 13.9. The third-order valence-corrected chi connectivity index (χ3v) is 4.59. The first-order valence-electron chi connectivity index (χ1n) is 7.42. The van der Waals surface area contributed by atoms with Gasteiger partial charge in [0.05, 0.1) is 6.10 Å². The minimum Gasteiger partial charge on any atom is -0.388 e. The summed E-state index contributed by atoms with van der Waals surface area (Å²) >= 11 is 0. The van der Waals surface area contributed by atoms with Crippen molar-refractivity contribution >= 4 is 0 Å². The van der Waals surface area contributed by atoms with Crippen molar-refractivity contribution in [3.8, 4) is 0 Å². The molecule has 0 bridgehead atoms. The number of nitrogens with two attached hydrogens (primary N) is 1. The van der Waals surface area contributed by atoms with Gasteiger partial charge in [0.15, 0.2) is 0 Å². The third kappa shape index (κ3) is 3.18. The summed E-state index contributed by atoms with van der Waals surface area (Å²) in [5.74, 6) is -1.09. The van der Waals surface area contributed by atoms with Crippen molar-refractivity contribution in [1.82, 2.24) is 0 Å².